The molecule has 0 bridgehead atoms. The van der Waals surface area contributed by atoms with Crippen LogP contribution in [-0.4, -0.2) is 52.5 Å². The SMILES string of the molecule is CC(C)(C)OC(=O)N1Cc2ccccc2C[C@H]1C(=O)N1CCC(C(=O)[O-])CC1. The van der Waals surface area contributed by atoms with E-state index in [1.54, 1.807) is 25.7 Å². The molecule has 0 aromatic heterocycles. The summed E-state index contributed by atoms with van der Waals surface area (Å²) in [4.78, 5) is 40.3. The fraction of sp³-hybridized carbons (Fsp3) is 0.571. The van der Waals surface area contributed by atoms with Gasteiger partial charge < -0.3 is 19.5 Å². The van der Waals surface area contributed by atoms with Gasteiger partial charge in [0, 0.05) is 31.4 Å². The Labute approximate surface area is 165 Å². The van der Waals surface area contributed by atoms with Crippen molar-refractivity contribution in [3.63, 3.8) is 0 Å². The lowest BCUT2D eigenvalue weighted by Gasteiger charge is -2.41. The first-order valence-electron chi connectivity index (χ1n) is 9.72. The summed E-state index contributed by atoms with van der Waals surface area (Å²) in [6.45, 7) is 6.42. The molecule has 0 aliphatic carbocycles. The van der Waals surface area contributed by atoms with Crippen LogP contribution < -0.4 is 5.11 Å². The molecule has 7 nitrogen and oxygen atoms in total. The number of aliphatic carboxylic acids is 1. The van der Waals surface area contributed by atoms with Gasteiger partial charge in [-0.1, -0.05) is 24.3 Å². The Bertz CT molecular complexity index is 762. The molecule has 0 saturated carbocycles. The molecular weight excluding hydrogens is 360 g/mol. The monoisotopic (exact) mass is 387 g/mol. The number of carboxylic acids is 1. The normalized spacial score (nSPS) is 20.5. The van der Waals surface area contributed by atoms with Crippen molar-refractivity contribution in [1.29, 1.82) is 0 Å². The summed E-state index contributed by atoms with van der Waals surface area (Å²) < 4.78 is 5.54. The molecule has 3 rings (SSSR count). The second-order valence-electron chi connectivity index (χ2n) is 8.52. The molecule has 152 valence electrons. The molecule has 2 aliphatic heterocycles. The highest BCUT2D eigenvalue weighted by molar-refractivity contribution is 5.87. The predicted octanol–water partition coefficient (Wildman–Crippen LogP) is 1.34. The van der Waals surface area contributed by atoms with Crippen molar-refractivity contribution in [2.45, 2.75) is 58.2 Å². The van der Waals surface area contributed by atoms with Gasteiger partial charge in [0.15, 0.2) is 0 Å². The minimum absolute atomic E-state index is 0.155. The minimum Gasteiger partial charge on any atom is -0.550 e. The maximum atomic E-state index is 13.2. The summed E-state index contributed by atoms with van der Waals surface area (Å²) in [5.74, 6) is -1.73. The maximum absolute atomic E-state index is 13.2. The third-order valence-electron chi connectivity index (χ3n) is 5.30. The second kappa shape index (κ2) is 7.81. The molecule has 2 amide bonds. The Kier molecular flexibility index (Phi) is 5.63. The van der Waals surface area contributed by atoms with E-state index in [1.807, 2.05) is 24.3 Å². The average molecular weight is 387 g/mol. The summed E-state index contributed by atoms with van der Waals surface area (Å²) in [6.07, 6.45) is 0.674. The minimum atomic E-state index is -1.06. The first-order chi connectivity index (χ1) is 13.2. The van der Waals surface area contributed by atoms with Gasteiger partial charge in [0.25, 0.3) is 0 Å². The summed E-state index contributed by atoms with van der Waals surface area (Å²) in [7, 11) is 0. The number of hydrogen-bond acceptors (Lipinski definition) is 5. The summed E-state index contributed by atoms with van der Waals surface area (Å²) in [5.41, 5.74) is 1.40. The second-order valence-corrected chi connectivity index (χ2v) is 8.52. The number of hydrogen-bond donors (Lipinski definition) is 0. The predicted molar refractivity (Wildman–Crippen MR) is 100 cm³/mol. The third-order valence-corrected chi connectivity index (χ3v) is 5.30. The Balaban J connectivity index is 1.80. The van der Waals surface area contributed by atoms with Crippen LogP contribution in [0.5, 0.6) is 0 Å². The third kappa shape index (κ3) is 4.46. The highest BCUT2D eigenvalue weighted by atomic mass is 16.6. The van der Waals surface area contributed by atoms with Crippen LogP contribution in [0.3, 0.4) is 0 Å². The van der Waals surface area contributed by atoms with Crippen molar-refractivity contribution in [2.24, 2.45) is 5.92 Å². The van der Waals surface area contributed by atoms with Crippen molar-refractivity contribution in [1.82, 2.24) is 9.80 Å². The van der Waals surface area contributed by atoms with E-state index in [-0.39, 0.29) is 5.91 Å². The van der Waals surface area contributed by atoms with E-state index in [4.69, 9.17) is 4.74 Å². The van der Waals surface area contributed by atoms with Crippen molar-refractivity contribution in [2.75, 3.05) is 13.1 Å². The quantitative estimate of drug-likeness (QED) is 0.764. The lowest BCUT2D eigenvalue weighted by Crippen LogP contribution is -2.56. The molecule has 1 aromatic rings. The number of nitrogens with zero attached hydrogens (tertiary/aromatic N) is 2. The number of benzene rings is 1. The first-order valence-corrected chi connectivity index (χ1v) is 9.72. The number of carboxylic acid groups (broad SMARTS) is 1. The molecule has 2 heterocycles. The first kappa shape index (κ1) is 20.2. The number of ether oxygens (including phenoxy) is 1. The van der Waals surface area contributed by atoms with Crippen LogP contribution in [0.4, 0.5) is 4.79 Å². The highest BCUT2D eigenvalue weighted by Gasteiger charge is 2.39. The summed E-state index contributed by atoms with van der Waals surface area (Å²) in [6, 6.07) is 7.13. The zero-order valence-electron chi connectivity index (χ0n) is 16.6. The van der Waals surface area contributed by atoms with Crippen molar-refractivity contribution >= 4 is 18.0 Å². The van der Waals surface area contributed by atoms with Gasteiger partial charge in [0.2, 0.25) is 5.91 Å². The number of piperidine rings is 1. The van der Waals surface area contributed by atoms with Crippen LogP contribution >= 0.6 is 0 Å². The van der Waals surface area contributed by atoms with Crippen LogP contribution in [0.25, 0.3) is 0 Å². The van der Waals surface area contributed by atoms with Gasteiger partial charge in [0.1, 0.15) is 11.6 Å². The Morgan fingerprint density at radius 3 is 2.25 bits per heavy atom. The Morgan fingerprint density at radius 2 is 1.68 bits per heavy atom. The van der Waals surface area contributed by atoms with Crippen LogP contribution in [0, 0.1) is 5.92 Å². The molecule has 0 radical (unpaired) electrons. The Morgan fingerprint density at radius 1 is 1.07 bits per heavy atom. The number of rotatable bonds is 2. The number of fused-ring (bicyclic) bond motifs is 1. The van der Waals surface area contributed by atoms with Crippen LogP contribution in [-0.2, 0) is 27.3 Å². The Hall–Kier alpha value is -2.57. The molecule has 1 atom stereocenters. The highest BCUT2D eigenvalue weighted by Crippen LogP contribution is 2.27. The fourth-order valence-corrected chi connectivity index (χ4v) is 3.80. The van der Waals surface area contributed by atoms with Gasteiger partial charge in [-0.2, -0.15) is 0 Å². The van der Waals surface area contributed by atoms with Gasteiger partial charge in [-0.15, -0.1) is 0 Å². The smallest absolute Gasteiger partial charge is 0.411 e. The van der Waals surface area contributed by atoms with Gasteiger partial charge in [-0.05, 0) is 44.7 Å². The lowest BCUT2D eigenvalue weighted by atomic mass is 9.92. The van der Waals surface area contributed by atoms with Gasteiger partial charge >= 0.3 is 6.09 Å². The molecule has 1 saturated heterocycles. The molecule has 1 fully saturated rings. The standard InChI is InChI=1S/C21H28N2O5/c1-21(2,3)28-20(27)23-13-16-7-5-4-6-15(16)12-17(23)18(24)22-10-8-14(9-11-22)19(25)26/h4-7,14,17H,8-13H2,1-3H3,(H,25,26)/p-1/t17-/m0/s1. The summed E-state index contributed by atoms with van der Waals surface area (Å²) >= 11 is 0. The van der Waals surface area contributed by atoms with E-state index in [0.29, 0.717) is 38.9 Å². The molecule has 28 heavy (non-hydrogen) atoms. The topological polar surface area (TPSA) is 90.0 Å². The molecule has 0 spiro atoms. The molecule has 0 unspecified atom stereocenters. The van der Waals surface area contributed by atoms with E-state index in [1.165, 1.54) is 4.90 Å². The molecule has 7 heteroatoms. The van der Waals surface area contributed by atoms with Gasteiger partial charge in [-0.25, -0.2) is 4.79 Å². The van der Waals surface area contributed by atoms with E-state index >= 15 is 0 Å². The zero-order valence-corrected chi connectivity index (χ0v) is 16.6. The van der Waals surface area contributed by atoms with Crippen LogP contribution in [0.2, 0.25) is 0 Å². The van der Waals surface area contributed by atoms with E-state index in [0.717, 1.165) is 11.1 Å². The van der Waals surface area contributed by atoms with Crippen molar-refractivity contribution in [3.8, 4) is 0 Å². The zero-order chi connectivity index (χ0) is 20.5. The number of likely N-dealkylation sites (tertiary alicyclic amines) is 1. The van der Waals surface area contributed by atoms with Crippen molar-refractivity contribution < 1.29 is 24.2 Å². The van der Waals surface area contributed by atoms with Gasteiger partial charge in [-0.3, -0.25) is 9.69 Å². The molecule has 0 N–H and O–H groups in total. The molecular formula is C21H27N2O5-. The van der Waals surface area contributed by atoms with E-state index in [2.05, 4.69) is 0 Å². The largest absolute Gasteiger partial charge is 0.550 e. The van der Waals surface area contributed by atoms with Gasteiger partial charge in [0.05, 0.1) is 6.54 Å². The van der Waals surface area contributed by atoms with Crippen LogP contribution in [0.1, 0.15) is 44.7 Å². The summed E-state index contributed by atoms with van der Waals surface area (Å²) in [5, 5.41) is 11.1. The van der Waals surface area contributed by atoms with Crippen LogP contribution in [0.15, 0.2) is 24.3 Å². The number of amides is 2. The lowest BCUT2D eigenvalue weighted by molar-refractivity contribution is -0.312. The number of carbonyl (C=O) groups excluding carboxylic acids is 3. The van der Waals surface area contributed by atoms with E-state index in [9.17, 15) is 19.5 Å². The molecule has 1 aromatic carbocycles. The van der Waals surface area contributed by atoms with E-state index < -0.39 is 29.6 Å². The average Bonchev–Trinajstić information content (AvgIpc) is 2.65. The molecule has 2 aliphatic rings. The van der Waals surface area contributed by atoms with Crippen molar-refractivity contribution in [3.05, 3.63) is 35.4 Å². The fourth-order valence-electron chi connectivity index (χ4n) is 3.80. The number of carbonyl (C=O) groups is 3. The maximum Gasteiger partial charge on any atom is 0.411 e.